The minimum Gasteiger partial charge on any atom is -0.480 e. The number of ether oxygens (including phenoxy) is 1. The van der Waals surface area contributed by atoms with E-state index in [-0.39, 0.29) is 0 Å². The molecule has 2 aromatic rings. The van der Waals surface area contributed by atoms with Crippen LogP contribution in [-0.4, -0.2) is 17.1 Å². The molecule has 1 heterocycles. The molecule has 0 atom stereocenters. The zero-order chi connectivity index (χ0) is 10.4. The van der Waals surface area contributed by atoms with Crippen molar-refractivity contribution in [2.45, 2.75) is 13.8 Å². The van der Waals surface area contributed by atoms with E-state index in [1.807, 2.05) is 38.1 Å². The first-order valence-electron chi connectivity index (χ1n) is 4.65. The van der Waals surface area contributed by atoms with Gasteiger partial charge < -0.3 is 4.74 Å². The SMILES string of the molecule is CC.COc1ncnc2ccccc12. The number of aromatic nitrogens is 2. The molecule has 74 valence electrons. The molecule has 0 aliphatic carbocycles. The number of benzene rings is 1. The molecule has 0 spiro atoms. The van der Waals surface area contributed by atoms with E-state index in [9.17, 15) is 0 Å². The summed E-state index contributed by atoms with van der Waals surface area (Å²) in [5.41, 5.74) is 0.907. The van der Waals surface area contributed by atoms with Crippen LogP contribution in [0.2, 0.25) is 0 Å². The van der Waals surface area contributed by atoms with Gasteiger partial charge in [-0.15, -0.1) is 0 Å². The largest absolute Gasteiger partial charge is 0.480 e. The Kier molecular flexibility index (Phi) is 3.85. The van der Waals surface area contributed by atoms with Gasteiger partial charge in [0.1, 0.15) is 6.33 Å². The highest BCUT2D eigenvalue weighted by atomic mass is 16.5. The van der Waals surface area contributed by atoms with E-state index in [2.05, 4.69) is 9.97 Å². The summed E-state index contributed by atoms with van der Waals surface area (Å²) in [5, 5.41) is 0.947. The molecule has 0 aliphatic rings. The van der Waals surface area contributed by atoms with E-state index in [1.54, 1.807) is 7.11 Å². The van der Waals surface area contributed by atoms with Crippen LogP contribution in [0.5, 0.6) is 5.88 Å². The van der Waals surface area contributed by atoms with Crippen LogP contribution < -0.4 is 4.74 Å². The van der Waals surface area contributed by atoms with Gasteiger partial charge in [-0.3, -0.25) is 0 Å². The van der Waals surface area contributed by atoms with Crippen LogP contribution in [0.15, 0.2) is 30.6 Å². The topological polar surface area (TPSA) is 35.0 Å². The van der Waals surface area contributed by atoms with Crippen molar-refractivity contribution in [2.75, 3.05) is 7.11 Å². The Morgan fingerprint density at radius 3 is 2.50 bits per heavy atom. The molecule has 0 saturated heterocycles. The zero-order valence-electron chi connectivity index (χ0n) is 8.69. The van der Waals surface area contributed by atoms with Crippen molar-refractivity contribution in [1.82, 2.24) is 9.97 Å². The fourth-order valence-electron chi connectivity index (χ4n) is 1.14. The molecule has 0 bridgehead atoms. The predicted octanol–water partition coefficient (Wildman–Crippen LogP) is 2.66. The molecule has 2 rings (SSSR count). The lowest BCUT2D eigenvalue weighted by molar-refractivity contribution is 0.402. The van der Waals surface area contributed by atoms with Gasteiger partial charge in [-0.25, -0.2) is 9.97 Å². The molecule has 0 aliphatic heterocycles. The number of hydrogen-bond acceptors (Lipinski definition) is 3. The highest BCUT2D eigenvalue weighted by molar-refractivity contribution is 5.82. The summed E-state index contributed by atoms with van der Waals surface area (Å²) < 4.78 is 5.08. The van der Waals surface area contributed by atoms with Crippen LogP contribution in [-0.2, 0) is 0 Å². The second kappa shape index (κ2) is 5.17. The van der Waals surface area contributed by atoms with E-state index >= 15 is 0 Å². The summed E-state index contributed by atoms with van der Waals surface area (Å²) in [7, 11) is 1.61. The van der Waals surface area contributed by atoms with Crippen molar-refractivity contribution in [3.8, 4) is 5.88 Å². The Bertz CT molecular complexity index is 396. The highest BCUT2D eigenvalue weighted by Crippen LogP contribution is 2.19. The van der Waals surface area contributed by atoms with Crippen molar-refractivity contribution < 1.29 is 4.74 Å². The summed E-state index contributed by atoms with van der Waals surface area (Å²) in [6.45, 7) is 4.00. The van der Waals surface area contributed by atoms with E-state index in [0.717, 1.165) is 10.9 Å². The zero-order valence-corrected chi connectivity index (χ0v) is 8.69. The van der Waals surface area contributed by atoms with Crippen LogP contribution in [0, 0.1) is 0 Å². The summed E-state index contributed by atoms with van der Waals surface area (Å²) >= 11 is 0. The maximum Gasteiger partial charge on any atom is 0.224 e. The van der Waals surface area contributed by atoms with Crippen LogP contribution in [0.4, 0.5) is 0 Å². The molecule has 1 aromatic heterocycles. The second-order valence-electron chi connectivity index (χ2n) is 2.40. The molecule has 0 amide bonds. The quantitative estimate of drug-likeness (QED) is 0.693. The van der Waals surface area contributed by atoms with Crippen molar-refractivity contribution in [3.05, 3.63) is 30.6 Å². The van der Waals surface area contributed by atoms with Gasteiger partial charge in [-0.05, 0) is 12.1 Å². The fraction of sp³-hybridized carbons (Fsp3) is 0.273. The minimum absolute atomic E-state index is 0.626. The van der Waals surface area contributed by atoms with Crippen molar-refractivity contribution in [3.63, 3.8) is 0 Å². The summed E-state index contributed by atoms with van der Waals surface area (Å²) in [6.07, 6.45) is 1.50. The van der Waals surface area contributed by atoms with Gasteiger partial charge in [-0.1, -0.05) is 26.0 Å². The third kappa shape index (κ3) is 1.99. The van der Waals surface area contributed by atoms with Gasteiger partial charge in [0.2, 0.25) is 5.88 Å². The lowest BCUT2D eigenvalue weighted by Gasteiger charge is -2.01. The molecule has 14 heavy (non-hydrogen) atoms. The third-order valence-corrected chi connectivity index (χ3v) is 1.70. The van der Waals surface area contributed by atoms with E-state index in [0.29, 0.717) is 5.88 Å². The number of nitrogens with zero attached hydrogens (tertiary/aromatic N) is 2. The van der Waals surface area contributed by atoms with Crippen molar-refractivity contribution in [2.24, 2.45) is 0 Å². The number of rotatable bonds is 1. The van der Waals surface area contributed by atoms with E-state index in [1.165, 1.54) is 6.33 Å². The molecule has 0 unspecified atom stereocenters. The Hall–Kier alpha value is -1.64. The predicted molar refractivity (Wildman–Crippen MR) is 57.4 cm³/mol. The van der Waals surface area contributed by atoms with Gasteiger partial charge in [0, 0.05) is 0 Å². The van der Waals surface area contributed by atoms with Gasteiger partial charge in [0.15, 0.2) is 0 Å². The molecule has 3 heteroatoms. The molecule has 0 N–H and O–H groups in total. The van der Waals surface area contributed by atoms with Gasteiger partial charge in [0.25, 0.3) is 0 Å². The van der Waals surface area contributed by atoms with Crippen LogP contribution >= 0.6 is 0 Å². The lowest BCUT2D eigenvalue weighted by Crippen LogP contribution is -1.89. The van der Waals surface area contributed by atoms with Gasteiger partial charge in [-0.2, -0.15) is 0 Å². The lowest BCUT2D eigenvalue weighted by atomic mass is 10.2. The number of para-hydroxylation sites is 1. The molecule has 0 radical (unpaired) electrons. The first-order chi connectivity index (χ1) is 6.92. The van der Waals surface area contributed by atoms with Crippen LogP contribution in [0.25, 0.3) is 10.9 Å². The number of methoxy groups -OCH3 is 1. The van der Waals surface area contributed by atoms with Crippen molar-refractivity contribution >= 4 is 10.9 Å². The Labute approximate surface area is 83.8 Å². The molecular weight excluding hydrogens is 176 g/mol. The number of fused-ring (bicyclic) bond motifs is 1. The van der Waals surface area contributed by atoms with Gasteiger partial charge in [0.05, 0.1) is 18.0 Å². The summed E-state index contributed by atoms with van der Waals surface area (Å²) in [4.78, 5) is 8.09. The first kappa shape index (κ1) is 10.4. The molecule has 0 fully saturated rings. The normalized spacial score (nSPS) is 9.07. The smallest absolute Gasteiger partial charge is 0.224 e. The molecule has 0 saturated carbocycles. The molecular formula is C11H14N2O. The Morgan fingerprint density at radius 1 is 1.07 bits per heavy atom. The molecule has 3 nitrogen and oxygen atoms in total. The minimum atomic E-state index is 0.626. The average Bonchev–Trinajstić information content (AvgIpc) is 2.31. The fourth-order valence-corrected chi connectivity index (χ4v) is 1.14. The van der Waals surface area contributed by atoms with E-state index in [4.69, 9.17) is 4.74 Å². The van der Waals surface area contributed by atoms with Crippen molar-refractivity contribution in [1.29, 1.82) is 0 Å². The maximum absolute atomic E-state index is 5.08. The summed E-state index contributed by atoms with van der Waals surface area (Å²) in [5.74, 6) is 0.626. The van der Waals surface area contributed by atoms with Crippen LogP contribution in [0.1, 0.15) is 13.8 Å². The van der Waals surface area contributed by atoms with Crippen LogP contribution in [0.3, 0.4) is 0 Å². The third-order valence-electron chi connectivity index (χ3n) is 1.70. The molecule has 1 aromatic carbocycles. The summed E-state index contributed by atoms with van der Waals surface area (Å²) in [6, 6.07) is 7.75. The van der Waals surface area contributed by atoms with Gasteiger partial charge >= 0.3 is 0 Å². The maximum atomic E-state index is 5.08. The van der Waals surface area contributed by atoms with E-state index < -0.39 is 0 Å². The monoisotopic (exact) mass is 190 g/mol. The standard InChI is InChI=1S/C9H8N2O.C2H6/c1-12-9-7-4-2-3-5-8(7)10-6-11-9;1-2/h2-6H,1H3;1-2H3. The first-order valence-corrected chi connectivity index (χ1v) is 4.65. The number of hydrogen-bond donors (Lipinski definition) is 0. The second-order valence-corrected chi connectivity index (χ2v) is 2.40. The Balaban J connectivity index is 0.000000461. The Morgan fingerprint density at radius 2 is 1.79 bits per heavy atom. The average molecular weight is 190 g/mol. The highest BCUT2D eigenvalue weighted by Gasteiger charge is 2.00.